The van der Waals surface area contributed by atoms with Crippen LogP contribution in [0.2, 0.25) is 0 Å². The number of aromatic hydroxyl groups is 2. The highest BCUT2D eigenvalue weighted by molar-refractivity contribution is 5.84. The molecule has 2 aromatic carbocycles. The van der Waals surface area contributed by atoms with Crippen molar-refractivity contribution >= 4 is 0 Å². The Labute approximate surface area is 144 Å². The fourth-order valence-electron chi connectivity index (χ4n) is 2.87. The van der Waals surface area contributed by atoms with Crippen LogP contribution in [0.1, 0.15) is 5.69 Å². The van der Waals surface area contributed by atoms with Crippen LogP contribution in [0.25, 0.3) is 28.1 Å². The average Bonchev–Trinajstić information content (AvgIpc) is 3.22. The molecule has 6 nitrogen and oxygen atoms in total. The molecule has 3 N–H and O–H groups in total. The van der Waals surface area contributed by atoms with Crippen LogP contribution < -0.4 is 0 Å². The quantitative estimate of drug-likeness (QED) is 0.534. The molecular weight excluding hydrogens is 316 g/mol. The average molecular weight is 332 g/mol. The predicted octanol–water partition coefficient (Wildman–Crippen LogP) is 3.65. The van der Waals surface area contributed by atoms with E-state index < -0.39 is 0 Å². The first-order valence-electron chi connectivity index (χ1n) is 7.81. The Kier molecular flexibility index (Phi) is 3.50. The summed E-state index contributed by atoms with van der Waals surface area (Å²) in [5, 5.41) is 31.4. The molecule has 0 aliphatic rings. The van der Waals surface area contributed by atoms with Crippen molar-refractivity contribution in [2.24, 2.45) is 0 Å². The lowest BCUT2D eigenvalue weighted by atomic mass is 10.0. The van der Waals surface area contributed by atoms with E-state index >= 15 is 0 Å². The van der Waals surface area contributed by atoms with Crippen molar-refractivity contribution in [3.63, 3.8) is 0 Å². The van der Waals surface area contributed by atoms with E-state index in [1.54, 1.807) is 16.9 Å². The number of benzene rings is 2. The number of phenolic OH excluding ortho intramolecular Hbond substituents is 2. The number of hydrogen-bond donors (Lipinski definition) is 3. The van der Waals surface area contributed by atoms with Crippen molar-refractivity contribution in [1.29, 1.82) is 0 Å². The van der Waals surface area contributed by atoms with Crippen LogP contribution in [0.3, 0.4) is 0 Å². The Bertz CT molecular complexity index is 1030. The minimum atomic E-state index is -0.0248. The van der Waals surface area contributed by atoms with Gasteiger partial charge in [0.25, 0.3) is 0 Å². The van der Waals surface area contributed by atoms with Crippen molar-refractivity contribution in [2.75, 3.05) is 0 Å². The highest BCUT2D eigenvalue weighted by Gasteiger charge is 2.18. The number of hydrogen-bond acceptors (Lipinski definition) is 4. The fraction of sp³-hybridized carbons (Fsp3) is 0.0526. The molecule has 2 heterocycles. The largest absolute Gasteiger partial charge is 0.508 e. The van der Waals surface area contributed by atoms with Gasteiger partial charge in [0, 0.05) is 34.6 Å². The summed E-state index contributed by atoms with van der Waals surface area (Å²) < 4.78 is 1.79. The van der Waals surface area contributed by atoms with Crippen LogP contribution in [0, 0.1) is 6.92 Å². The van der Waals surface area contributed by atoms with Crippen molar-refractivity contribution in [1.82, 2.24) is 20.0 Å². The van der Waals surface area contributed by atoms with E-state index in [0.29, 0.717) is 11.3 Å². The van der Waals surface area contributed by atoms with E-state index in [0.717, 1.165) is 22.5 Å². The smallest absolute Gasteiger partial charge is 0.128 e. The summed E-state index contributed by atoms with van der Waals surface area (Å²) >= 11 is 0. The molecule has 2 aromatic heterocycles. The van der Waals surface area contributed by atoms with Crippen molar-refractivity contribution in [3.05, 3.63) is 66.6 Å². The number of aromatic amines is 1. The van der Waals surface area contributed by atoms with Crippen LogP contribution in [0.4, 0.5) is 0 Å². The Morgan fingerprint density at radius 3 is 2.60 bits per heavy atom. The molecule has 25 heavy (non-hydrogen) atoms. The lowest BCUT2D eigenvalue weighted by molar-refractivity contribution is 0.452. The summed E-state index contributed by atoms with van der Waals surface area (Å²) in [6, 6.07) is 14.3. The maximum Gasteiger partial charge on any atom is 0.128 e. The second kappa shape index (κ2) is 5.83. The molecule has 0 amide bonds. The SMILES string of the molecule is Cc1[nH]nc(-c2ccc(O)cc2O)c1-c1cnn(-c2ccccc2)c1. The van der Waals surface area contributed by atoms with Gasteiger partial charge in [-0.15, -0.1) is 0 Å². The molecule has 0 fully saturated rings. The van der Waals surface area contributed by atoms with Gasteiger partial charge in [0.1, 0.15) is 17.2 Å². The van der Waals surface area contributed by atoms with E-state index in [4.69, 9.17) is 0 Å². The molecule has 0 saturated heterocycles. The van der Waals surface area contributed by atoms with Crippen molar-refractivity contribution in [3.8, 4) is 39.6 Å². The van der Waals surface area contributed by atoms with Gasteiger partial charge in [-0.3, -0.25) is 5.10 Å². The summed E-state index contributed by atoms with van der Waals surface area (Å²) in [7, 11) is 0. The zero-order chi connectivity index (χ0) is 17.4. The van der Waals surface area contributed by atoms with Gasteiger partial charge < -0.3 is 10.2 Å². The Morgan fingerprint density at radius 1 is 1.04 bits per heavy atom. The Balaban J connectivity index is 1.82. The Hall–Kier alpha value is -3.54. The van der Waals surface area contributed by atoms with E-state index in [1.165, 1.54) is 12.1 Å². The number of rotatable bonds is 3. The maximum absolute atomic E-state index is 10.2. The molecule has 0 spiro atoms. The second-order valence-electron chi connectivity index (χ2n) is 5.78. The topological polar surface area (TPSA) is 87.0 Å². The van der Waals surface area contributed by atoms with E-state index in [1.807, 2.05) is 43.5 Å². The molecule has 0 atom stereocenters. The predicted molar refractivity (Wildman–Crippen MR) is 94.6 cm³/mol. The van der Waals surface area contributed by atoms with Gasteiger partial charge in [-0.1, -0.05) is 18.2 Å². The first-order valence-corrected chi connectivity index (χ1v) is 7.81. The molecule has 0 bridgehead atoms. The van der Waals surface area contributed by atoms with Crippen LogP contribution in [-0.4, -0.2) is 30.2 Å². The van der Waals surface area contributed by atoms with Crippen LogP contribution in [0.5, 0.6) is 11.5 Å². The number of H-pyrrole nitrogens is 1. The number of nitrogens with zero attached hydrogens (tertiary/aromatic N) is 3. The fourth-order valence-corrected chi connectivity index (χ4v) is 2.87. The molecule has 0 unspecified atom stereocenters. The summed E-state index contributed by atoms with van der Waals surface area (Å²) in [5.74, 6) is -0.0184. The van der Waals surface area contributed by atoms with Crippen LogP contribution in [0.15, 0.2) is 60.9 Å². The molecule has 0 aliphatic carbocycles. The van der Waals surface area contributed by atoms with Gasteiger partial charge in [-0.25, -0.2) is 4.68 Å². The zero-order valence-corrected chi connectivity index (χ0v) is 13.5. The third kappa shape index (κ3) is 2.63. The van der Waals surface area contributed by atoms with E-state index in [9.17, 15) is 10.2 Å². The molecule has 4 aromatic rings. The van der Waals surface area contributed by atoms with Gasteiger partial charge in [0.05, 0.1) is 11.9 Å². The number of aryl methyl sites for hydroxylation is 1. The first kappa shape index (κ1) is 15.0. The summed E-state index contributed by atoms with van der Waals surface area (Å²) in [5.41, 5.74) is 4.74. The molecule has 0 aliphatic heterocycles. The van der Waals surface area contributed by atoms with Crippen molar-refractivity contribution < 1.29 is 10.2 Å². The first-order chi connectivity index (χ1) is 12.1. The molecule has 124 valence electrons. The minimum absolute atomic E-state index is 0.00644. The van der Waals surface area contributed by atoms with Crippen LogP contribution in [-0.2, 0) is 0 Å². The van der Waals surface area contributed by atoms with E-state index in [-0.39, 0.29) is 11.5 Å². The number of aromatic nitrogens is 4. The molecule has 0 saturated carbocycles. The summed E-state index contributed by atoms with van der Waals surface area (Å²) in [6.07, 6.45) is 3.69. The summed E-state index contributed by atoms with van der Waals surface area (Å²) in [6.45, 7) is 1.92. The second-order valence-corrected chi connectivity index (χ2v) is 5.78. The lowest BCUT2D eigenvalue weighted by Gasteiger charge is -2.05. The van der Waals surface area contributed by atoms with E-state index in [2.05, 4.69) is 15.3 Å². The van der Waals surface area contributed by atoms with Gasteiger partial charge in [-0.05, 0) is 31.2 Å². The van der Waals surface area contributed by atoms with Gasteiger partial charge in [0.15, 0.2) is 0 Å². The monoisotopic (exact) mass is 332 g/mol. The van der Waals surface area contributed by atoms with Crippen LogP contribution >= 0.6 is 0 Å². The third-order valence-electron chi connectivity index (χ3n) is 4.08. The van der Waals surface area contributed by atoms with Gasteiger partial charge >= 0.3 is 0 Å². The molecule has 6 heteroatoms. The molecule has 4 rings (SSSR count). The maximum atomic E-state index is 10.2. The van der Waals surface area contributed by atoms with Crippen molar-refractivity contribution in [2.45, 2.75) is 6.92 Å². The minimum Gasteiger partial charge on any atom is -0.508 e. The highest BCUT2D eigenvalue weighted by atomic mass is 16.3. The normalized spacial score (nSPS) is 10.9. The number of nitrogens with one attached hydrogen (secondary N) is 1. The third-order valence-corrected chi connectivity index (χ3v) is 4.08. The number of phenols is 2. The summed E-state index contributed by atoms with van der Waals surface area (Å²) in [4.78, 5) is 0. The lowest BCUT2D eigenvalue weighted by Crippen LogP contribution is -1.92. The van der Waals surface area contributed by atoms with Gasteiger partial charge in [0.2, 0.25) is 0 Å². The number of para-hydroxylation sites is 1. The van der Waals surface area contributed by atoms with Gasteiger partial charge in [-0.2, -0.15) is 10.2 Å². The standard InChI is InChI=1S/C19H16N4O2/c1-12-18(13-10-20-23(11-13)14-5-3-2-4-6-14)19(22-21-12)16-8-7-15(24)9-17(16)25/h2-11,24-25H,1H3,(H,21,22). The Morgan fingerprint density at radius 2 is 1.84 bits per heavy atom. The molecular formula is C19H16N4O2. The molecule has 0 radical (unpaired) electrons. The highest BCUT2D eigenvalue weighted by Crippen LogP contribution is 2.38. The zero-order valence-electron chi connectivity index (χ0n) is 13.5.